The van der Waals surface area contributed by atoms with Crippen LogP contribution in [0.1, 0.15) is 19.8 Å². The SMILES string of the molecule is CCS(=O)(=O)N1CC(C(=O)NC2CC2)Oc2ccccc21. The molecule has 1 aliphatic carbocycles. The van der Waals surface area contributed by atoms with E-state index >= 15 is 0 Å². The number of nitrogens with one attached hydrogen (secondary N) is 1. The van der Waals surface area contributed by atoms with Crippen molar-refractivity contribution >= 4 is 21.6 Å². The summed E-state index contributed by atoms with van der Waals surface area (Å²) in [4.78, 5) is 12.2. The third-order valence-electron chi connectivity index (χ3n) is 3.65. The van der Waals surface area contributed by atoms with E-state index in [0.29, 0.717) is 11.4 Å². The minimum atomic E-state index is -3.44. The van der Waals surface area contributed by atoms with Crippen molar-refractivity contribution in [3.05, 3.63) is 24.3 Å². The molecule has 0 radical (unpaired) electrons. The Bertz CT molecular complexity index is 655. The maximum absolute atomic E-state index is 12.3. The van der Waals surface area contributed by atoms with Gasteiger partial charge in [0.05, 0.1) is 18.0 Å². The van der Waals surface area contributed by atoms with Crippen molar-refractivity contribution in [2.45, 2.75) is 31.9 Å². The van der Waals surface area contributed by atoms with Crippen molar-refractivity contribution < 1.29 is 17.9 Å². The summed E-state index contributed by atoms with van der Waals surface area (Å²) < 4.78 is 31.5. The molecular formula is C14H18N2O4S. The number of carbonyl (C=O) groups excluding carboxylic acids is 1. The molecule has 1 fully saturated rings. The Labute approximate surface area is 124 Å². The normalized spacial score (nSPS) is 21.4. The van der Waals surface area contributed by atoms with Gasteiger partial charge < -0.3 is 10.1 Å². The highest BCUT2D eigenvalue weighted by molar-refractivity contribution is 7.92. The van der Waals surface area contributed by atoms with E-state index in [1.54, 1.807) is 31.2 Å². The highest BCUT2D eigenvalue weighted by Crippen LogP contribution is 2.35. The summed E-state index contributed by atoms with van der Waals surface area (Å²) in [6, 6.07) is 7.11. The standard InChI is InChI=1S/C14H18N2O4S/c1-2-21(18,19)16-9-13(14(17)15-10-7-8-10)20-12-6-4-3-5-11(12)16/h3-6,10,13H,2,7-9H2,1H3,(H,15,17). The molecule has 7 heteroatoms. The summed E-state index contributed by atoms with van der Waals surface area (Å²) in [5.41, 5.74) is 0.495. The van der Waals surface area contributed by atoms with Crippen LogP contribution in [0.5, 0.6) is 5.75 Å². The summed E-state index contributed by atoms with van der Waals surface area (Å²) in [5, 5.41) is 2.86. The Morgan fingerprint density at radius 1 is 1.38 bits per heavy atom. The van der Waals surface area contributed by atoms with Gasteiger partial charge in [-0.05, 0) is 31.9 Å². The van der Waals surface area contributed by atoms with Gasteiger partial charge in [0.15, 0.2) is 6.10 Å². The van der Waals surface area contributed by atoms with E-state index in [1.807, 2.05) is 0 Å². The maximum atomic E-state index is 12.3. The van der Waals surface area contributed by atoms with E-state index in [0.717, 1.165) is 12.8 Å². The highest BCUT2D eigenvalue weighted by Gasteiger charge is 2.37. The number of hydrogen-bond acceptors (Lipinski definition) is 4. The first-order chi connectivity index (χ1) is 10.0. The third kappa shape index (κ3) is 2.83. The number of nitrogens with zero attached hydrogens (tertiary/aromatic N) is 1. The van der Waals surface area contributed by atoms with Gasteiger partial charge in [-0.1, -0.05) is 12.1 Å². The fourth-order valence-electron chi connectivity index (χ4n) is 2.28. The number of amides is 1. The van der Waals surface area contributed by atoms with E-state index in [-0.39, 0.29) is 24.2 Å². The van der Waals surface area contributed by atoms with Crippen LogP contribution in [-0.2, 0) is 14.8 Å². The molecule has 2 aliphatic rings. The highest BCUT2D eigenvalue weighted by atomic mass is 32.2. The predicted octanol–water partition coefficient (Wildman–Crippen LogP) is 0.882. The van der Waals surface area contributed by atoms with Gasteiger partial charge in [-0.15, -0.1) is 0 Å². The molecule has 1 atom stereocenters. The second-order valence-electron chi connectivity index (χ2n) is 5.29. The third-order valence-corrected chi connectivity index (χ3v) is 5.40. The Balaban J connectivity index is 1.90. The number of hydrogen-bond donors (Lipinski definition) is 1. The van der Waals surface area contributed by atoms with E-state index in [4.69, 9.17) is 4.74 Å². The fraction of sp³-hybridized carbons (Fsp3) is 0.500. The predicted molar refractivity (Wildman–Crippen MR) is 78.8 cm³/mol. The van der Waals surface area contributed by atoms with Crippen LogP contribution in [0.3, 0.4) is 0 Å². The molecule has 1 aromatic carbocycles. The second kappa shape index (κ2) is 5.22. The van der Waals surface area contributed by atoms with Gasteiger partial charge in [-0.2, -0.15) is 0 Å². The van der Waals surface area contributed by atoms with Crippen molar-refractivity contribution in [3.63, 3.8) is 0 Å². The topological polar surface area (TPSA) is 75.7 Å². The van der Waals surface area contributed by atoms with Gasteiger partial charge in [0.1, 0.15) is 5.75 Å². The quantitative estimate of drug-likeness (QED) is 0.896. The molecule has 0 aromatic heterocycles. The molecule has 1 aromatic rings. The zero-order valence-electron chi connectivity index (χ0n) is 11.8. The van der Waals surface area contributed by atoms with Crippen LogP contribution >= 0.6 is 0 Å². The second-order valence-corrected chi connectivity index (χ2v) is 7.47. The Kier molecular flexibility index (Phi) is 3.52. The number of fused-ring (bicyclic) bond motifs is 1. The number of benzene rings is 1. The molecule has 3 rings (SSSR count). The maximum Gasteiger partial charge on any atom is 0.263 e. The summed E-state index contributed by atoms with van der Waals surface area (Å²) in [6.07, 6.45) is 1.15. The van der Waals surface area contributed by atoms with Gasteiger partial charge in [-0.25, -0.2) is 8.42 Å². The number of anilines is 1. The van der Waals surface area contributed by atoms with E-state index in [9.17, 15) is 13.2 Å². The summed E-state index contributed by atoms with van der Waals surface area (Å²) in [6.45, 7) is 1.61. The minimum absolute atomic E-state index is 0.0156. The number of ether oxygens (including phenoxy) is 1. The smallest absolute Gasteiger partial charge is 0.263 e. The van der Waals surface area contributed by atoms with E-state index in [1.165, 1.54) is 4.31 Å². The lowest BCUT2D eigenvalue weighted by molar-refractivity contribution is -0.127. The molecule has 1 saturated carbocycles. The van der Waals surface area contributed by atoms with Crippen molar-refractivity contribution in [1.82, 2.24) is 5.32 Å². The Morgan fingerprint density at radius 2 is 2.10 bits per heavy atom. The molecule has 1 aliphatic heterocycles. The Morgan fingerprint density at radius 3 is 2.76 bits per heavy atom. The lowest BCUT2D eigenvalue weighted by Gasteiger charge is -2.34. The van der Waals surface area contributed by atoms with Gasteiger partial charge >= 0.3 is 0 Å². The average molecular weight is 310 g/mol. The van der Waals surface area contributed by atoms with Crippen molar-refractivity contribution in [1.29, 1.82) is 0 Å². The summed E-state index contributed by atoms with van der Waals surface area (Å²) >= 11 is 0. The molecule has 1 N–H and O–H groups in total. The molecule has 6 nitrogen and oxygen atoms in total. The number of para-hydroxylation sites is 2. The van der Waals surface area contributed by atoms with Crippen LogP contribution in [0, 0.1) is 0 Å². The van der Waals surface area contributed by atoms with E-state index in [2.05, 4.69) is 5.32 Å². The molecule has 114 valence electrons. The summed E-state index contributed by atoms with van der Waals surface area (Å²) in [7, 11) is -3.44. The first-order valence-electron chi connectivity index (χ1n) is 7.07. The van der Waals surface area contributed by atoms with Gasteiger partial charge in [0.25, 0.3) is 5.91 Å². The zero-order chi connectivity index (χ0) is 15.0. The lowest BCUT2D eigenvalue weighted by atomic mass is 10.2. The van der Waals surface area contributed by atoms with Gasteiger partial charge in [0.2, 0.25) is 10.0 Å². The molecule has 0 spiro atoms. The van der Waals surface area contributed by atoms with Crippen molar-refractivity contribution in [2.24, 2.45) is 0 Å². The van der Waals surface area contributed by atoms with Crippen LogP contribution in [0.15, 0.2) is 24.3 Å². The summed E-state index contributed by atoms with van der Waals surface area (Å²) in [5.74, 6) is 0.165. The van der Waals surface area contributed by atoms with Gasteiger partial charge in [0, 0.05) is 6.04 Å². The van der Waals surface area contributed by atoms with Crippen LogP contribution in [0.2, 0.25) is 0 Å². The average Bonchev–Trinajstić information content (AvgIpc) is 3.30. The fourth-order valence-corrected chi connectivity index (χ4v) is 3.40. The van der Waals surface area contributed by atoms with Crippen LogP contribution < -0.4 is 14.4 Å². The number of carbonyl (C=O) groups is 1. The lowest BCUT2D eigenvalue weighted by Crippen LogP contribution is -2.51. The van der Waals surface area contributed by atoms with Crippen LogP contribution in [0.4, 0.5) is 5.69 Å². The molecule has 1 amide bonds. The molecule has 1 unspecified atom stereocenters. The number of rotatable bonds is 4. The first-order valence-corrected chi connectivity index (χ1v) is 8.68. The largest absolute Gasteiger partial charge is 0.476 e. The zero-order valence-corrected chi connectivity index (χ0v) is 12.6. The van der Waals surface area contributed by atoms with Gasteiger partial charge in [-0.3, -0.25) is 9.10 Å². The van der Waals surface area contributed by atoms with Crippen molar-refractivity contribution in [2.75, 3.05) is 16.6 Å². The molecule has 21 heavy (non-hydrogen) atoms. The van der Waals surface area contributed by atoms with E-state index < -0.39 is 16.1 Å². The molecule has 1 heterocycles. The number of sulfonamides is 1. The van der Waals surface area contributed by atoms with Crippen molar-refractivity contribution in [3.8, 4) is 5.75 Å². The monoisotopic (exact) mass is 310 g/mol. The minimum Gasteiger partial charge on any atom is -0.476 e. The van der Waals surface area contributed by atoms with Crippen LogP contribution in [0.25, 0.3) is 0 Å². The first kappa shape index (κ1) is 14.2. The molecular weight excluding hydrogens is 292 g/mol. The molecule has 0 bridgehead atoms. The van der Waals surface area contributed by atoms with Crippen LogP contribution in [-0.4, -0.2) is 38.8 Å². The Hall–Kier alpha value is -1.76. The molecule has 0 saturated heterocycles.